The van der Waals surface area contributed by atoms with Crippen LogP contribution in [-0.4, -0.2) is 31.8 Å². The maximum Gasteiger partial charge on any atom is 1.00 e. The van der Waals surface area contributed by atoms with Gasteiger partial charge in [0.25, 0.3) is 0 Å². The van der Waals surface area contributed by atoms with E-state index in [0.717, 1.165) is 0 Å². The molecule has 0 radical (unpaired) electrons. The zero-order chi connectivity index (χ0) is 7.49. The van der Waals surface area contributed by atoms with Crippen LogP contribution in [0.25, 0.3) is 0 Å². The molecule has 1 atom stereocenters. The molecular weight excluding hydrogens is 181 g/mol. The van der Waals surface area contributed by atoms with Gasteiger partial charge >= 0.3 is 51.4 Å². The largest absolute Gasteiger partial charge is 1.00 e. The summed E-state index contributed by atoms with van der Waals surface area (Å²) in [4.78, 5) is 0. The Morgan fingerprint density at radius 1 is 1.60 bits per heavy atom. The Balaban J connectivity index is 0. The third-order valence-electron chi connectivity index (χ3n) is 0.984. The fourth-order valence-electron chi connectivity index (χ4n) is 0.390. The van der Waals surface area contributed by atoms with Gasteiger partial charge in [-0.2, -0.15) is 0 Å². The van der Waals surface area contributed by atoms with E-state index in [1.54, 1.807) is 7.05 Å². The van der Waals surface area contributed by atoms with Crippen LogP contribution < -0.4 is 56.7 Å². The molecule has 0 saturated heterocycles. The molecule has 0 aliphatic carbocycles. The average molecular weight is 191 g/mol. The first kappa shape index (κ1) is 14.1. The number of rotatable bonds is 3. The van der Waals surface area contributed by atoms with Gasteiger partial charge in [-0.05, 0) is 14.0 Å². The van der Waals surface area contributed by atoms with Gasteiger partial charge in [0.15, 0.2) is 0 Å². The van der Waals surface area contributed by atoms with E-state index < -0.39 is 15.4 Å². The maximum absolute atomic E-state index is 10.1. The minimum absolute atomic E-state index is 0. The third kappa shape index (κ3) is 6.23. The summed E-state index contributed by atoms with van der Waals surface area (Å²) in [5.74, 6) is 0. The molecule has 0 fully saturated rings. The molecule has 0 aliphatic rings. The molecule has 4 nitrogen and oxygen atoms in total. The summed E-state index contributed by atoms with van der Waals surface area (Å²) in [6.07, 6.45) is 0. The molecule has 0 aromatic carbocycles. The predicted octanol–water partition coefficient (Wildman–Crippen LogP) is -3.86. The van der Waals surface area contributed by atoms with E-state index in [4.69, 9.17) is 0 Å². The van der Waals surface area contributed by atoms with Gasteiger partial charge in [-0.3, -0.25) is 0 Å². The molecule has 0 aromatic heterocycles. The van der Waals surface area contributed by atoms with E-state index in [2.05, 4.69) is 5.32 Å². The van der Waals surface area contributed by atoms with Gasteiger partial charge in [0.2, 0.25) is 0 Å². The third-order valence-corrected chi connectivity index (χ3v) is 2.14. The van der Waals surface area contributed by atoms with E-state index >= 15 is 0 Å². The molecule has 6 heteroatoms. The Morgan fingerprint density at radius 3 is 2.10 bits per heavy atom. The summed E-state index contributed by atoms with van der Waals surface area (Å²) < 4.78 is 30.4. The Hall–Kier alpha value is 1.51. The quantitative estimate of drug-likeness (QED) is 0.366. The van der Waals surface area contributed by atoms with E-state index in [0.29, 0.717) is 0 Å². The second-order valence-corrected chi connectivity index (χ2v) is 3.65. The van der Waals surface area contributed by atoms with E-state index in [1.165, 1.54) is 6.92 Å². The van der Waals surface area contributed by atoms with Crippen LogP contribution in [0.4, 0.5) is 0 Å². The molecule has 0 aromatic rings. The summed E-state index contributed by atoms with van der Waals surface area (Å²) in [6.45, 7) is 1.59. The summed E-state index contributed by atoms with van der Waals surface area (Å²) in [6, 6.07) is 0. The monoisotopic (exact) mass is 191 g/mol. The first-order chi connectivity index (χ1) is 3.98. The van der Waals surface area contributed by atoms with E-state index in [9.17, 15) is 13.0 Å². The number of nitrogens with one attached hydrogen (secondary N) is 1. The SMILES string of the molecule is CNCC(C)S(=O)(=O)[O-].[K+]. The fourth-order valence-corrected chi connectivity index (χ4v) is 0.760. The predicted molar refractivity (Wildman–Crippen MR) is 33.1 cm³/mol. The van der Waals surface area contributed by atoms with Gasteiger partial charge in [-0.1, -0.05) is 0 Å². The molecular formula is C4H10KNO3S. The zero-order valence-corrected chi connectivity index (χ0v) is 10.4. The van der Waals surface area contributed by atoms with Crippen molar-refractivity contribution in [2.24, 2.45) is 0 Å². The normalized spacial score (nSPS) is 13.9. The van der Waals surface area contributed by atoms with Crippen molar-refractivity contribution in [1.29, 1.82) is 0 Å². The minimum Gasteiger partial charge on any atom is -0.748 e. The summed E-state index contributed by atoms with van der Waals surface area (Å²) in [5, 5.41) is 1.76. The fraction of sp³-hybridized carbons (Fsp3) is 1.00. The van der Waals surface area contributed by atoms with Crippen LogP contribution in [0.5, 0.6) is 0 Å². The minimum atomic E-state index is -4.08. The van der Waals surface area contributed by atoms with Crippen LogP contribution >= 0.6 is 0 Å². The van der Waals surface area contributed by atoms with Crippen molar-refractivity contribution in [3.05, 3.63) is 0 Å². The number of hydrogen-bond donors (Lipinski definition) is 1. The topological polar surface area (TPSA) is 69.2 Å². The van der Waals surface area contributed by atoms with Gasteiger partial charge < -0.3 is 9.87 Å². The van der Waals surface area contributed by atoms with Gasteiger partial charge in [-0.25, -0.2) is 8.42 Å². The average Bonchev–Trinajstić information content (AvgIpc) is 1.64. The van der Waals surface area contributed by atoms with Crippen molar-refractivity contribution in [3.63, 3.8) is 0 Å². The molecule has 0 bridgehead atoms. The van der Waals surface area contributed by atoms with Crippen LogP contribution in [0.1, 0.15) is 6.92 Å². The van der Waals surface area contributed by atoms with Crippen molar-refractivity contribution < 1.29 is 64.4 Å². The summed E-state index contributed by atoms with van der Waals surface area (Å²) in [7, 11) is -2.48. The smallest absolute Gasteiger partial charge is 0.748 e. The molecule has 1 N–H and O–H groups in total. The maximum atomic E-state index is 10.1. The molecule has 0 saturated carbocycles. The van der Waals surface area contributed by atoms with Crippen LogP contribution in [0.3, 0.4) is 0 Å². The van der Waals surface area contributed by atoms with Gasteiger partial charge in [-0.15, -0.1) is 0 Å². The van der Waals surface area contributed by atoms with Crippen LogP contribution in [-0.2, 0) is 10.1 Å². The zero-order valence-electron chi connectivity index (χ0n) is 6.42. The second-order valence-electron chi connectivity index (χ2n) is 1.86. The first-order valence-corrected chi connectivity index (χ1v) is 4.05. The van der Waals surface area contributed by atoms with Crippen molar-refractivity contribution in [2.75, 3.05) is 13.6 Å². The Bertz CT molecular complexity index is 167. The molecule has 0 heterocycles. The Kier molecular flexibility index (Phi) is 8.53. The first-order valence-electron chi connectivity index (χ1n) is 2.57. The molecule has 0 aliphatic heterocycles. The van der Waals surface area contributed by atoms with E-state index in [-0.39, 0.29) is 57.9 Å². The Labute approximate surface area is 104 Å². The molecule has 1 unspecified atom stereocenters. The molecule has 0 amide bonds. The van der Waals surface area contributed by atoms with Gasteiger partial charge in [0.05, 0.1) is 15.4 Å². The van der Waals surface area contributed by atoms with Gasteiger partial charge in [0.1, 0.15) is 0 Å². The summed E-state index contributed by atoms with van der Waals surface area (Å²) in [5.41, 5.74) is 0. The molecule has 0 spiro atoms. The number of hydrogen-bond acceptors (Lipinski definition) is 4. The van der Waals surface area contributed by atoms with Crippen molar-refractivity contribution in [3.8, 4) is 0 Å². The standard InChI is InChI=1S/C4H11NO3S.K/c1-4(3-5-2)9(6,7)8;/h4-5H,3H2,1-2H3,(H,6,7,8);/q;+1/p-1. The Morgan fingerprint density at radius 2 is 2.00 bits per heavy atom. The molecule has 56 valence electrons. The van der Waals surface area contributed by atoms with Crippen molar-refractivity contribution in [1.82, 2.24) is 5.32 Å². The molecule has 0 rings (SSSR count). The van der Waals surface area contributed by atoms with Gasteiger partial charge in [0, 0.05) is 6.54 Å². The molecule has 10 heavy (non-hydrogen) atoms. The second kappa shape index (κ2) is 6.07. The van der Waals surface area contributed by atoms with Crippen LogP contribution in [0.2, 0.25) is 0 Å². The van der Waals surface area contributed by atoms with Crippen molar-refractivity contribution in [2.45, 2.75) is 12.2 Å². The van der Waals surface area contributed by atoms with Crippen molar-refractivity contribution >= 4 is 10.1 Å². The van der Waals surface area contributed by atoms with Crippen LogP contribution in [0, 0.1) is 0 Å². The van der Waals surface area contributed by atoms with Crippen LogP contribution in [0.15, 0.2) is 0 Å². The summed E-state index contributed by atoms with van der Waals surface area (Å²) >= 11 is 0. The van der Waals surface area contributed by atoms with E-state index in [1.807, 2.05) is 0 Å².